The van der Waals surface area contributed by atoms with Crippen LogP contribution in [0.25, 0.3) is 0 Å². The molecule has 0 spiro atoms. The molecule has 82 valence electrons. The number of ether oxygens (including phenoxy) is 2. The maximum Gasteiger partial charge on any atom is 0.180 e. The van der Waals surface area contributed by atoms with Crippen molar-refractivity contribution >= 4 is 5.78 Å². The van der Waals surface area contributed by atoms with E-state index >= 15 is 0 Å². The smallest absolute Gasteiger partial charge is 0.180 e. The third-order valence-electron chi connectivity index (χ3n) is 1.99. The Morgan fingerprint density at radius 1 is 1.33 bits per heavy atom. The Hall–Kier alpha value is -1.75. The van der Waals surface area contributed by atoms with Crippen molar-refractivity contribution in [1.29, 1.82) is 0 Å². The first-order valence-electron chi connectivity index (χ1n) is 4.32. The summed E-state index contributed by atoms with van der Waals surface area (Å²) in [6, 6.07) is 2.73. The van der Waals surface area contributed by atoms with E-state index in [2.05, 4.69) is 0 Å². The van der Waals surface area contributed by atoms with E-state index in [1.807, 2.05) is 0 Å². The van der Waals surface area contributed by atoms with Crippen molar-refractivity contribution < 1.29 is 19.4 Å². The van der Waals surface area contributed by atoms with Crippen molar-refractivity contribution in [3.63, 3.8) is 0 Å². The van der Waals surface area contributed by atoms with Gasteiger partial charge in [0.2, 0.25) is 0 Å². The summed E-state index contributed by atoms with van der Waals surface area (Å²) in [6.45, 7) is -0.121. The summed E-state index contributed by atoms with van der Waals surface area (Å²) in [5.74, 6) is 0.143. The van der Waals surface area contributed by atoms with Gasteiger partial charge >= 0.3 is 0 Å². The SMILES string of the molecule is COc1cc(C(=O)CN)c(OC)cc1O. The maximum absolute atomic E-state index is 11.4. The molecule has 0 radical (unpaired) electrons. The first-order chi connectivity index (χ1) is 7.13. The number of hydrogen-bond donors (Lipinski definition) is 2. The zero-order valence-electron chi connectivity index (χ0n) is 8.61. The van der Waals surface area contributed by atoms with E-state index in [0.29, 0.717) is 5.56 Å². The van der Waals surface area contributed by atoms with Crippen LogP contribution in [0, 0.1) is 0 Å². The van der Waals surface area contributed by atoms with Gasteiger partial charge in [0, 0.05) is 6.07 Å². The van der Waals surface area contributed by atoms with Gasteiger partial charge in [0.25, 0.3) is 0 Å². The van der Waals surface area contributed by atoms with Crippen LogP contribution < -0.4 is 15.2 Å². The summed E-state index contributed by atoms with van der Waals surface area (Å²) in [5, 5.41) is 9.45. The lowest BCUT2D eigenvalue weighted by Crippen LogP contribution is -2.14. The molecule has 1 aromatic rings. The molecule has 1 aromatic carbocycles. The molecule has 0 fully saturated rings. The number of methoxy groups -OCH3 is 2. The van der Waals surface area contributed by atoms with E-state index in [0.717, 1.165) is 0 Å². The second kappa shape index (κ2) is 4.65. The van der Waals surface area contributed by atoms with Gasteiger partial charge in [-0.15, -0.1) is 0 Å². The van der Waals surface area contributed by atoms with Crippen LogP contribution in [0.5, 0.6) is 17.2 Å². The van der Waals surface area contributed by atoms with E-state index in [1.54, 1.807) is 0 Å². The van der Waals surface area contributed by atoms with Gasteiger partial charge in [-0.05, 0) is 6.07 Å². The molecule has 5 heteroatoms. The minimum atomic E-state index is -0.273. The van der Waals surface area contributed by atoms with Crippen LogP contribution in [0.4, 0.5) is 0 Å². The van der Waals surface area contributed by atoms with Crippen molar-refractivity contribution in [2.45, 2.75) is 0 Å². The summed E-state index contributed by atoms with van der Waals surface area (Å²) in [7, 11) is 2.81. The number of hydrogen-bond acceptors (Lipinski definition) is 5. The number of carbonyl (C=O) groups is 1. The number of phenols is 1. The van der Waals surface area contributed by atoms with Crippen LogP contribution in [-0.4, -0.2) is 31.7 Å². The van der Waals surface area contributed by atoms with Crippen LogP contribution in [0.15, 0.2) is 12.1 Å². The molecule has 0 bridgehead atoms. The molecule has 0 amide bonds. The third kappa shape index (κ3) is 2.19. The Kier molecular flexibility index (Phi) is 3.51. The normalized spacial score (nSPS) is 9.80. The molecule has 0 aliphatic rings. The predicted molar refractivity (Wildman–Crippen MR) is 54.6 cm³/mol. The van der Waals surface area contributed by atoms with Gasteiger partial charge in [0.1, 0.15) is 5.75 Å². The highest BCUT2D eigenvalue weighted by molar-refractivity contribution is 6.00. The number of carbonyl (C=O) groups excluding carboxylic acids is 1. The molecule has 0 aliphatic heterocycles. The van der Waals surface area contributed by atoms with Crippen molar-refractivity contribution in [3.05, 3.63) is 17.7 Å². The first kappa shape index (κ1) is 11.3. The summed E-state index contributed by atoms with van der Waals surface area (Å²) < 4.78 is 9.84. The molecule has 0 unspecified atom stereocenters. The van der Waals surface area contributed by atoms with Crippen molar-refractivity contribution in [1.82, 2.24) is 0 Å². The highest BCUT2D eigenvalue weighted by Gasteiger charge is 2.15. The average molecular weight is 211 g/mol. The standard InChI is InChI=1S/C10H13NO4/c1-14-9-4-7(12)10(15-2)3-6(9)8(13)5-11/h3-4,12H,5,11H2,1-2H3. The minimum absolute atomic E-state index is 0.0806. The predicted octanol–water partition coefficient (Wildman–Crippen LogP) is 0.551. The van der Waals surface area contributed by atoms with Gasteiger partial charge in [-0.1, -0.05) is 0 Å². The van der Waals surface area contributed by atoms with Crippen LogP contribution in [0.3, 0.4) is 0 Å². The van der Waals surface area contributed by atoms with Gasteiger partial charge in [-0.3, -0.25) is 4.79 Å². The van der Waals surface area contributed by atoms with Crippen LogP contribution >= 0.6 is 0 Å². The lowest BCUT2D eigenvalue weighted by molar-refractivity contribution is 0.0998. The molecule has 0 aliphatic carbocycles. The molecular formula is C10H13NO4. The Bertz CT molecular complexity index is 376. The minimum Gasteiger partial charge on any atom is -0.504 e. The fourth-order valence-electron chi connectivity index (χ4n) is 1.21. The van der Waals surface area contributed by atoms with Crippen molar-refractivity contribution in [2.24, 2.45) is 5.73 Å². The molecule has 0 saturated carbocycles. The van der Waals surface area contributed by atoms with Crippen LogP contribution in [0.2, 0.25) is 0 Å². The second-order valence-electron chi connectivity index (χ2n) is 2.85. The number of phenolic OH excluding ortho intramolecular Hbond substituents is 1. The Labute approximate surface area is 87.4 Å². The number of nitrogens with two attached hydrogens (primary N) is 1. The molecule has 3 N–H and O–H groups in total. The van der Waals surface area contributed by atoms with Crippen LogP contribution in [0.1, 0.15) is 10.4 Å². The second-order valence-corrected chi connectivity index (χ2v) is 2.85. The fourth-order valence-corrected chi connectivity index (χ4v) is 1.21. The van der Waals surface area contributed by atoms with Gasteiger partial charge < -0.3 is 20.3 Å². The Morgan fingerprint density at radius 3 is 2.40 bits per heavy atom. The number of ketones is 1. The monoisotopic (exact) mass is 211 g/mol. The largest absolute Gasteiger partial charge is 0.504 e. The number of Topliss-reactive ketones (excluding diaryl/α,β-unsaturated/α-hetero) is 1. The molecule has 15 heavy (non-hydrogen) atoms. The lowest BCUT2D eigenvalue weighted by Gasteiger charge is -2.10. The maximum atomic E-state index is 11.4. The van der Waals surface area contributed by atoms with E-state index in [4.69, 9.17) is 15.2 Å². The molecule has 1 rings (SSSR count). The van der Waals surface area contributed by atoms with E-state index in [9.17, 15) is 9.90 Å². The number of benzene rings is 1. The zero-order valence-corrected chi connectivity index (χ0v) is 8.61. The fraction of sp³-hybridized carbons (Fsp3) is 0.300. The summed E-state index contributed by atoms with van der Waals surface area (Å²) in [5.41, 5.74) is 5.55. The summed E-state index contributed by atoms with van der Waals surface area (Å²) >= 11 is 0. The molecule has 0 atom stereocenters. The summed E-state index contributed by atoms with van der Waals surface area (Å²) in [4.78, 5) is 11.4. The number of aromatic hydroxyl groups is 1. The molecule has 0 heterocycles. The number of rotatable bonds is 4. The quantitative estimate of drug-likeness (QED) is 0.711. The first-order valence-corrected chi connectivity index (χ1v) is 4.32. The lowest BCUT2D eigenvalue weighted by atomic mass is 10.1. The van der Waals surface area contributed by atoms with Gasteiger partial charge in [0.15, 0.2) is 17.3 Å². The van der Waals surface area contributed by atoms with Gasteiger partial charge in [-0.2, -0.15) is 0 Å². The Morgan fingerprint density at radius 2 is 1.93 bits per heavy atom. The van der Waals surface area contributed by atoms with Gasteiger partial charge in [-0.25, -0.2) is 0 Å². The highest BCUT2D eigenvalue weighted by Crippen LogP contribution is 2.33. The van der Waals surface area contributed by atoms with E-state index < -0.39 is 0 Å². The van der Waals surface area contributed by atoms with E-state index in [-0.39, 0.29) is 29.6 Å². The highest BCUT2D eigenvalue weighted by atomic mass is 16.5. The third-order valence-corrected chi connectivity index (χ3v) is 1.99. The molecular weight excluding hydrogens is 198 g/mol. The summed E-state index contributed by atoms with van der Waals surface area (Å²) in [6.07, 6.45) is 0. The average Bonchev–Trinajstić information content (AvgIpc) is 2.27. The van der Waals surface area contributed by atoms with Crippen molar-refractivity contribution in [2.75, 3.05) is 20.8 Å². The topological polar surface area (TPSA) is 81.8 Å². The molecule has 5 nitrogen and oxygen atoms in total. The Balaban J connectivity index is 3.28. The molecule has 0 saturated heterocycles. The van der Waals surface area contributed by atoms with Crippen LogP contribution in [-0.2, 0) is 0 Å². The van der Waals surface area contributed by atoms with Crippen molar-refractivity contribution in [3.8, 4) is 17.2 Å². The molecule has 0 aromatic heterocycles. The van der Waals surface area contributed by atoms with Gasteiger partial charge in [0.05, 0.1) is 26.3 Å². The zero-order chi connectivity index (χ0) is 11.4. The van der Waals surface area contributed by atoms with E-state index in [1.165, 1.54) is 26.4 Å².